The van der Waals surface area contributed by atoms with Crippen molar-refractivity contribution in [2.75, 3.05) is 13.2 Å². The second-order valence-corrected chi connectivity index (χ2v) is 4.84. The fourth-order valence-corrected chi connectivity index (χ4v) is 1.55. The Bertz CT molecular complexity index is 162. The van der Waals surface area contributed by atoms with Crippen molar-refractivity contribution in [3.63, 3.8) is 0 Å². The zero-order valence-electron chi connectivity index (χ0n) is 9.18. The lowest BCUT2D eigenvalue weighted by atomic mass is 10.2. The lowest BCUT2D eigenvalue weighted by molar-refractivity contribution is -0.127. The predicted octanol–water partition coefficient (Wildman–Crippen LogP) is 2.09. The smallest absolute Gasteiger partial charge is 0.246 e. The van der Waals surface area contributed by atoms with Crippen LogP contribution in [0.2, 0.25) is 0 Å². The van der Waals surface area contributed by atoms with Crippen molar-refractivity contribution in [2.45, 2.75) is 44.5 Å². The minimum atomic E-state index is -0.0424. The molecule has 84 valence electrons. The summed E-state index contributed by atoms with van der Waals surface area (Å²) in [4.78, 5) is 11.6. The average Bonchev–Trinajstić information content (AvgIpc) is 2.12. The summed E-state index contributed by atoms with van der Waals surface area (Å²) in [5, 5.41) is 2.81. The number of alkyl halides is 1. The van der Waals surface area contributed by atoms with Crippen LogP contribution in [0.4, 0.5) is 0 Å². The fraction of sp³-hybridized carbons (Fsp3) is 0.900. The molecular weight excluding hydrogens is 246 g/mol. The molecule has 0 aromatic carbocycles. The van der Waals surface area contributed by atoms with Gasteiger partial charge < -0.3 is 10.1 Å². The van der Waals surface area contributed by atoms with Crippen molar-refractivity contribution < 1.29 is 9.53 Å². The Morgan fingerprint density at radius 2 is 2.14 bits per heavy atom. The molecule has 1 N–H and O–H groups in total. The van der Waals surface area contributed by atoms with Gasteiger partial charge in [-0.25, -0.2) is 0 Å². The molecule has 3 nitrogen and oxygen atoms in total. The van der Waals surface area contributed by atoms with E-state index in [0.29, 0.717) is 11.4 Å². The summed E-state index contributed by atoms with van der Waals surface area (Å²) in [5.74, 6) is -0.0424. The Morgan fingerprint density at radius 3 is 2.64 bits per heavy atom. The Labute approximate surface area is 94.7 Å². The molecule has 0 radical (unpaired) electrons. The molecule has 0 aromatic rings. The van der Waals surface area contributed by atoms with Gasteiger partial charge in [0.05, 0.1) is 6.10 Å². The van der Waals surface area contributed by atoms with Crippen LogP contribution in [0.15, 0.2) is 0 Å². The van der Waals surface area contributed by atoms with Gasteiger partial charge in [0, 0.05) is 11.4 Å². The highest BCUT2D eigenvalue weighted by atomic mass is 79.9. The van der Waals surface area contributed by atoms with Gasteiger partial charge in [0.2, 0.25) is 5.91 Å². The molecule has 0 aliphatic rings. The average molecular weight is 266 g/mol. The number of amides is 1. The van der Waals surface area contributed by atoms with E-state index in [9.17, 15) is 4.79 Å². The molecule has 0 saturated carbocycles. The summed E-state index contributed by atoms with van der Waals surface area (Å²) in [5.41, 5.74) is 0. The van der Waals surface area contributed by atoms with Gasteiger partial charge in [-0.15, -0.1) is 0 Å². The molecule has 0 aliphatic heterocycles. The lowest BCUT2D eigenvalue weighted by Crippen LogP contribution is -2.33. The second-order valence-electron chi connectivity index (χ2n) is 3.55. The minimum Gasteiger partial charge on any atom is -0.369 e. The predicted molar refractivity (Wildman–Crippen MR) is 61.7 cm³/mol. The third kappa shape index (κ3) is 8.51. The van der Waals surface area contributed by atoms with Gasteiger partial charge in [-0.2, -0.15) is 0 Å². The molecule has 0 spiro atoms. The van der Waals surface area contributed by atoms with E-state index in [1.165, 1.54) is 0 Å². The van der Waals surface area contributed by atoms with Crippen LogP contribution in [-0.2, 0) is 9.53 Å². The Kier molecular flexibility index (Phi) is 8.18. The van der Waals surface area contributed by atoms with Crippen molar-refractivity contribution in [2.24, 2.45) is 0 Å². The summed E-state index contributed by atoms with van der Waals surface area (Å²) in [6.07, 6.45) is 2.30. The van der Waals surface area contributed by atoms with E-state index in [2.05, 4.69) is 28.2 Å². The van der Waals surface area contributed by atoms with Gasteiger partial charge >= 0.3 is 0 Å². The van der Waals surface area contributed by atoms with E-state index in [1.807, 2.05) is 13.8 Å². The van der Waals surface area contributed by atoms with Crippen molar-refractivity contribution in [1.82, 2.24) is 5.32 Å². The quantitative estimate of drug-likeness (QED) is 0.716. The molecule has 4 heteroatoms. The monoisotopic (exact) mass is 265 g/mol. The number of carbonyl (C=O) groups is 1. The van der Waals surface area contributed by atoms with E-state index in [4.69, 9.17) is 4.74 Å². The summed E-state index contributed by atoms with van der Waals surface area (Å²) in [7, 11) is 0. The topological polar surface area (TPSA) is 38.3 Å². The second kappa shape index (κ2) is 8.24. The maximum Gasteiger partial charge on any atom is 0.246 e. The lowest BCUT2D eigenvalue weighted by Gasteiger charge is -2.11. The maximum absolute atomic E-state index is 11.2. The first-order valence-electron chi connectivity index (χ1n) is 5.08. The van der Waals surface area contributed by atoms with Crippen LogP contribution < -0.4 is 5.32 Å². The van der Waals surface area contributed by atoms with Crippen molar-refractivity contribution >= 4 is 21.8 Å². The van der Waals surface area contributed by atoms with Gasteiger partial charge in [-0.3, -0.25) is 4.79 Å². The van der Waals surface area contributed by atoms with Crippen LogP contribution in [0, 0.1) is 0 Å². The number of hydrogen-bond donors (Lipinski definition) is 1. The van der Waals surface area contributed by atoms with Crippen molar-refractivity contribution in [3.8, 4) is 0 Å². The molecule has 0 aromatic heterocycles. The summed E-state index contributed by atoms with van der Waals surface area (Å²) >= 11 is 3.49. The first-order chi connectivity index (χ1) is 6.56. The van der Waals surface area contributed by atoms with Crippen LogP contribution in [0.3, 0.4) is 0 Å². The summed E-state index contributed by atoms with van der Waals surface area (Å²) in [6.45, 7) is 6.78. The molecule has 0 bridgehead atoms. The molecule has 0 rings (SSSR count). The van der Waals surface area contributed by atoms with Crippen LogP contribution in [-0.4, -0.2) is 30.0 Å². The number of rotatable bonds is 7. The molecule has 14 heavy (non-hydrogen) atoms. The van der Waals surface area contributed by atoms with Gasteiger partial charge in [-0.05, 0) is 20.3 Å². The minimum absolute atomic E-state index is 0.0424. The largest absolute Gasteiger partial charge is 0.369 e. The van der Waals surface area contributed by atoms with E-state index >= 15 is 0 Å². The van der Waals surface area contributed by atoms with Gasteiger partial charge in [0.25, 0.3) is 0 Å². The summed E-state index contributed by atoms with van der Waals surface area (Å²) < 4.78 is 5.17. The van der Waals surface area contributed by atoms with E-state index in [1.54, 1.807) is 0 Å². The van der Waals surface area contributed by atoms with Crippen LogP contribution >= 0.6 is 15.9 Å². The van der Waals surface area contributed by atoms with Crippen LogP contribution in [0.5, 0.6) is 0 Å². The third-order valence-corrected chi connectivity index (χ3v) is 2.45. The molecule has 0 fully saturated rings. The number of hydrogen-bond acceptors (Lipinski definition) is 2. The number of ether oxygens (including phenoxy) is 1. The Hall–Kier alpha value is -0.0900. The van der Waals surface area contributed by atoms with E-state index < -0.39 is 0 Å². The highest BCUT2D eigenvalue weighted by molar-refractivity contribution is 9.09. The number of carbonyl (C=O) groups excluding carboxylic acids is 1. The van der Waals surface area contributed by atoms with E-state index in [-0.39, 0.29) is 18.6 Å². The molecule has 1 amide bonds. The standard InChI is InChI=1S/C10H20BrNO2/c1-4-5-9(11)6-12-10(13)7-14-8(2)3/h8-9H,4-7H2,1-3H3,(H,12,13). The van der Waals surface area contributed by atoms with Gasteiger partial charge in [-0.1, -0.05) is 29.3 Å². The Morgan fingerprint density at radius 1 is 1.50 bits per heavy atom. The highest BCUT2D eigenvalue weighted by Gasteiger charge is 2.06. The molecule has 0 heterocycles. The van der Waals surface area contributed by atoms with Gasteiger partial charge in [0.1, 0.15) is 6.61 Å². The van der Waals surface area contributed by atoms with Crippen molar-refractivity contribution in [3.05, 3.63) is 0 Å². The summed E-state index contributed by atoms with van der Waals surface area (Å²) in [6, 6.07) is 0. The number of nitrogens with one attached hydrogen (secondary N) is 1. The Balaban J connectivity index is 3.43. The van der Waals surface area contributed by atoms with Crippen LogP contribution in [0.25, 0.3) is 0 Å². The molecule has 1 unspecified atom stereocenters. The first kappa shape index (κ1) is 13.9. The normalized spacial score (nSPS) is 12.9. The van der Waals surface area contributed by atoms with Crippen LogP contribution in [0.1, 0.15) is 33.6 Å². The van der Waals surface area contributed by atoms with E-state index in [0.717, 1.165) is 12.8 Å². The first-order valence-corrected chi connectivity index (χ1v) is 6.00. The fourth-order valence-electron chi connectivity index (χ4n) is 0.933. The zero-order chi connectivity index (χ0) is 11.0. The highest BCUT2D eigenvalue weighted by Crippen LogP contribution is 2.05. The maximum atomic E-state index is 11.2. The van der Waals surface area contributed by atoms with Crippen molar-refractivity contribution in [1.29, 1.82) is 0 Å². The third-order valence-electron chi connectivity index (χ3n) is 1.67. The van der Waals surface area contributed by atoms with Gasteiger partial charge in [0.15, 0.2) is 0 Å². The molecule has 0 aliphatic carbocycles. The zero-order valence-corrected chi connectivity index (χ0v) is 10.8. The SMILES string of the molecule is CCCC(Br)CNC(=O)COC(C)C. The molecular formula is C10H20BrNO2. The molecule has 0 saturated heterocycles. The number of halogens is 1. The molecule has 1 atom stereocenters.